The number of pyridine rings is 1. The molecule has 188 valence electrons. The molecule has 1 saturated carbocycles. The van der Waals surface area contributed by atoms with Crippen LogP contribution in [0.15, 0.2) is 53.2 Å². The number of hydrogen-bond donors (Lipinski definition) is 1. The van der Waals surface area contributed by atoms with Gasteiger partial charge in [-0.3, -0.25) is 14.6 Å². The van der Waals surface area contributed by atoms with Crippen LogP contribution < -0.4 is 5.32 Å². The first kappa shape index (κ1) is 24.2. The Bertz CT molecular complexity index is 1180. The molecule has 2 aromatic heterocycles. The Kier molecular flexibility index (Phi) is 7.39. The summed E-state index contributed by atoms with van der Waals surface area (Å²) in [4.78, 5) is 37.8. The highest BCUT2D eigenvalue weighted by Gasteiger charge is 2.45. The maximum absolute atomic E-state index is 13.7. The Morgan fingerprint density at radius 3 is 2.72 bits per heavy atom. The highest BCUT2D eigenvalue weighted by Crippen LogP contribution is 2.41. The summed E-state index contributed by atoms with van der Waals surface area (Å²) in [5, 5.41) is 7.32. The molecule has 0 spiro atoms. The minimum Gasteiger partial charge on any atom is -0.356 e. The van der Waals surface area contributed by atoms with Gasteiger partial charge in [-0.25, -0.2) is 0 Å². The molecule has 1 aromatic carbocycles. The van der Waals surface area contributed by atoms with Crippen LogP contribution in [0.25, 0.3) is 0 Å². The fourth-order valence-corrected chi connectivity index (χ4v) is 5.41. The fraction of sp³-hybridized carbons (Fsp3) is 0.464. The maximum Gasteiger partial charge on any atom is 0.255 e. The first-order valence-electron chi connectivity index (χ1n) is 13.0. The van der Waals surface area contributed by atoms with E-state index in [4.69, 9.17) is 4.52 Å². The SMILES string of the molecule is Cc1ccc(C(=O)N2CCCCCCNC(=O)C3CC(c4nc(Cc5ccccc5)no4)CC32)cn1. The number of aryl methyl sites for hydroxylation is 1. The van der Waals surface area contributed by atoms with Gasteiger partial charge in [-0.05, 0) is 50.3 Å². The van der Waals surface area contributed by atoms with E-state index in [1.54, 1.807) is 6.20 Å². The molecule has 36 heavy (non-hydrogen) atoms. The van der Waals surface area contributed by atoms with Crippen LogP contribution in [0, 0.1) is 12.8 Å². The molecular formula is C28H33N5O3. The predicted octanol–water partition coefficient (Wildman–Crippen LogP) is 4.06. The van der Waals surface area contributed by atoms with E-state index in [1.807, 2.05) is 54.3 Å². The Morgan fingerprint density at radius 2 is 1.92 bits per heavy atom. The summed E-state index contributed by atoms with van der Waals surface area (Å²) < 4.78 is 5.68. The van der Waals surface area contributed by atoms with Gasteiger partial charge in [0.25, 0.3) is 5.91 Å². The van der Waals surface area contributed by atoms with Crippen LogP contribution >= 0.6 is 0 Å². The van der Waals surface area contributed by atoms with Crippen LogP contribution in [-0.2, 0) is 11.2 Å². The van der Waals surface area contributed by atoms with Crippen LogP contribution in [0.2, 0.25) is 0 Å². The Morgan fingerprint density at radius 1 is 1.08 bits per heavy atom. The molecule has 3 aromatic rings. The van der Waals surface area contributed by atoms with Crippen LogP contribution in [0.1, 0.15) is 77.8 Å². The van der Waals surface area contributed by atoms with Gasteiger partial charge in [-0.1, -0.05) is 48.3 Å². The van der Waals surface area contributed by atoms with Crippen molar-refractivity contribution in [2.45, 2.75) is 63.8 Å². The van der Waals surface area contributed by atoms with Crippen molar-refractivity contribution in [1.82, 2.24) is 25.3 Å². The predicted molar refractivity (Wildman–Crippen MR) is 134 cm³/mol. The zero-order chi connectivity index (χ0) is 24.9. The quantitative estimate of drug-likeness (QED) is 0.596. The molecule has 0 bridgehead atoms. The van der Waals surface area contributed by atoms with Crippen molar-refractivity contribution < 1.29 is 14.1 Å². The Labute approximate surface area is 211 Å². The molecule has 2 amide bonds. The molecule has 8 nitrogen and oxygen atoms in total. The van der Waals surface area contributed by atoms with Crippen molar-refractivity contribution in [3.8, 4) is 0 Å². The molecule has 2 fully saturated rings. The molecule has 8 heteroatoms. The second kappa shape index (κ2) is 11.0. The van der Waals surface area contributed by atoms with Gasteiger partial charge in [0.05, 0.1) is 11.5 Å². The van der Waals surface area contributed by atoms with E-state index >= 15 is 0 Å². The molecule has 1 N–H and O–H groups in total. The zero-order valence-corrected chi connectivity index (χ0v) is 20.7. The second-order valence-corrected chi connectivity index (χ2v) is 9.95. The zero-order valence-electron chi connectivity index (χ0n) is 20.7. The van der Waals surface area contributed by atoms with Crippen LogP contribution in [0.5, 0.6) is 0 Å². The van der Waals surface area contributed by atoms with E-state index in [-0.39, 0.29) is 29.7 Å². The molecule has 2 aliphatic rings. The van der Waals surface area contributed by atoms with Gasteiger partial charge in [0.15, 0.2) is 5.82 Å². The van der Waals surface area contributed by atoms with E-state index in [1.165, 1.54) is 0 Å². The van der Waals surface area contributed by atoms with Crippen molar-refractivity contribution in [2.75, 3.05) is 13.1 Å². The third kappa shape index (κ3) is 5.48. The van der Waals surface area contributed by atoms with Crippen molar-refractivity contribution in [1.29, 1.82) is 0 Å². The molecule has 1 aliphatic heterocycles. The number of amides is 2. The van der Waals surface area contributed by atoms with Gasteiger partial charge in [0.1, 0.15) is 0 Å². The summed E-state index contributed by atoms with van der Waals surface area (Å²) in [5.74, 6) is 0.734. The average molecular weight is 488 g/mol. The minimum atomic E-state index is -0.320. The summed E-state index contributed by atoms with van der Waals surface area (Å²) in [5.41, 5.74) is 2.54. The summed E-state index contributed by atoms with van der Waals surface area (Å²) in [6, 6.07) is 13.5. The molecule has 3 heterocycles. The van der Waals surface area contributed by atoms with Crippen LogP contribution in [0.4, 0.5) is 0 Å². The third-order valence-corrected chi connectivity index (χ3v) is 7.35. The van der Waals surface area contributed by atoms with E-state index in [2.05, 4.69) is 20.4 Å². The van der Waals surface area contributed by atoms with Gasteiger partial charge < -0.3 is 14.7 Å². The lowest BCUT2D eigenvalue weighted by Gasteiger charge is -2.32. The number of fused-ring (bicyclic) bond motifs is 1. The Hall–Kier alpha value is -3.55. The second-order valence-electron chi connectivity index (χ2n) is 9.95. The summed E-state index contributed by atoms with van der Waals surface area (Å²) in [6.07, 6.45) is 7.37. The number of aromatic nitrogens is 3. The molecule has 5 rings (SSSR count). The topological polar surface area (TPSA) is 101 Å². The van der Waals surface area contributed by atoms with E-state index in [0.29, 0.717) is 49.6 Å². The van der Waals surface area contributed by atoms with Crippen molar-refractivity contribution in [3.63, 3.8) is 0 Å². The number of carbonyl (C=O) groups excluding carboxylic acids is 2. The van der Waals surface area contributed by atoms with Crippen LogP contribution in [-0.4, -0.2) is 51.0 Å². The lowest BCUT2D eigenvalue weighted by Crippen LogP contribution is -2.47. The minimum absolute atomic E-state index is 0.00764. The lowest BCUT2D eigenvalue weighted by atomic mass is 9.99. The van der Waals surface area contributed by atoms with Crippen molar-refractivity contribution in [3.05, 3.63) is 77.2 Å². The highest BCUT2D eigenvalue weighted by atomic mass is 16.5. The number of hydrogen-bond acceptors (Lipinski definition) is 6. The number of nitrogens with one attached hydrogen (secondary N) is 1. The van der Waals surface area contributed by atoms with Gasteiger partial charge in [-0.15, -0.1) is 0 Å². The first-order chi connectivity index (χ1) is 17.6. The lowest BCUT2D eigenvalue weighted by molar-refractivity contribution is -0.126. The fourth-order valence-electron chi connectivity index (χ4n) is 5.41. The number of rotatable bonds is 4. The number of carbonyl (C=O) groups is 2. The van der Waals surface area contributed by atoms with Gasteiger partial charge >= 0.3 is 0 Å². The standard InChI is InChI=1S/C28H33N5O3/c1-19-11-12-21(18-30-19)28(35)33-14-8-3-2-7-13-29-26(34)23-16-22(17-24(23)33)27-31-25(32-36-27)15-20-9-5-4-6-10-20/h4-6,9-12,18,22-24H,2-3,7-8,13-17H2,1H3,(H,29,34). The smallest absolute Gasteiger partial charge is 0.255 e. The largest absolute Gasteiger partial charge is 0.356 e. The summed E-state index contributed by atoms with van der Waals surface area (Å²) in [7, 11) is 0. The number of benzene rings is 1. The molecular weight excluding hydrogens is 454 g/mol. The van der Waals surface area contributed by atoms with Crippen LogP contribution in [0.3, 0.4) is 0 Å². The van der Waals surface area contributed by atoms with Crippen molar-refractivity contribution in [2.24, 2.45) is 5.92 Å². The summed E-state index contributed by atoms with van der Waals surface area (Å²) in [6.45, 7) is 3.20. The van der Waals surface area contributed by atoms with E-state index < -0.39 is 0 Å². The summed E-state index contributed by atoms with van der Waals surface area (Å²) >= 11 is 0. The molecule has 1 saturated heterocycles. The Balaban J connectivity index is 1.40. The van der Waals surface area contributed by atoms with Gasteiger partial charge in [0.2, 0.25) is 11.8 Å². The van der Waals surface area contributed by atoms with Gasteiger partial charge in [-0.2, -0.15) is 4.98 Å². The monoisotopic (exact) mass is 487 g/mol. The third-order valence-electron chi connectivity index (χ3n) is 7.35. The highest BCUT2D eigenvalue weighted by molar-refractivity contribution is 5.94. The van der Waals surface area contributed by atoms with E-state index in [0.717, 1.165) is 36.9 Å². The maximum atomic E-state index is 13.7. The van der Waals surface area contributed by atoms with E-state index in [9.17, 15) is 9.59 Å². The first-order valence-corrected chi connectivity index (χ1v) is 13.0. The average Bonchev–Trinajstić information content (AvgIpc) is 3.53. The van der Waals surface area contributed by atoms with Gasteiger partial charge in [0, 0.05) is 43.4 Å². The normalized spacial score (nSPS) is 23.0. The molecule has 3 atom stereocenters. The molecule has 0 radical (unpaired) electrons. The van der Waals surface area contributed by atoms with Crippen molar-refractivity contribution >= 4 is 11.8 Å². The molecule has 3 unspecified atom stereocenters. The number of nitrogens with zero attached hydrogens (tertiary/aromatic N) is 4. The molecule has 1 aliphatic carbocycles.